The Morgan fingerprint density at radius 1 is 0.900 bits per heavy atom. The van der Waals surface area contributed by atoms with E-state index >= 15 is 0 Å². The first-order valence-corrected chi connectivity index (χ1v) is 16.4. The van der Waals surface area contributed by atoms with Gasteiger partial charge in [-0.15, -0.1) is 6.58 Å². The summed E-state index contributed by atoms with van der Waals surface area (Å²) < 4.78 is 39.6. The lowest BCUT2D eigenvalue weighted by molar-refractivity contribution is -0.137. The van der Waals surface area contributed by atoms with Crippen molar-refractivity contribution < 1.29 is 27.6 Å². The van der Waals surface area contributed by atoms with E-state index in [0.29, 0.717) is 40.1 Å². The SMILES string of the molecule is C=CC[C@H](C(N)=O)[C@@H](CC(C)C)C(=O)N[C@H]1N=C(c2ccccc2)c2ccccc2N(Cc2cccc(-c3ccc(C(F)(F)F)cc3)c2)C1=O. The lowest BCUT2D eigenvalue weighted by atomic mass is 9.82. The fraction of sp³-hybridized carbons (Fsp3) is 0.250. The molecule has 0 unspecified atom stereocenters. The molecule has 3 N–H and O–H groups in total. The maximum absolute atomic E-state index is 14.6. The molecule has 0 fully saturated rings. The average molecular weight is 681 g/mol. The van der Waals surface area contributed by atoms with Crippen molar-refractivity contribution in [3.05, 3.63) is 138 Å². The molecule has 3 atom stereocenters. The van der Waals surface area contributed by atoms with Gasteiger partial charge in [0.15, 0.2) is 0 Å². The minimum absolute atomic E-state index is 0.0447. The zero-order valence-corrected chi connectivity index (χ0v) is 27.9. The number of para-hydroxylation sites is 1. The number of hydrogen-bond donors (Lipinski definition) is 2. The van der Waals surface area contributed by atoms with E-state index in [4.69, 9.17) is 10.7 Å². The molecule has 3 amide bonds. The number of allylic oxidation sites excluding steroid dienone is 1. The van der Waals surface area contributed by atoms with E-state index in [2.05, 4.69) is 11.9 Å². The Morgan fingerprint density at radius 2 is 1.56 bits per heavy atom. The third kappa shape index (κ3) is 8.19. The third-order valence-corrected chi connectivity index (χ3v) is 8.68. The minimum atomic E-state index is -4.45. The molecule has 1 heterocycles. The second-order valence-corrected chi connectivity index (χ2v) is 12.7. The summed E-state index contributed by atoms with van der Waals surface area (Å²) in [6.45, 7) is 7.68. The second kappa shape index (κ2) is 15.4. The summed E-state index contributed by atoms with van der Waals surface area (Å²) in [7, 11) is 0. The fourth-order valence-electron chi connectivity index (χ4n) is 6.26. The first kappa shape index (κ1) is 35.8. The average Bonchev–Trinajstić information content (AvgIpc) is 3.20. The number of alkyl halides is 3. The van der Waals surface area contributed by atoms with Crippen LogP contribution in [-0.2, 0) is 27.1 Å². The van der Waals surface area contributed by atoms with Crippen molar-refractivity contribution >= 4 is 29.1 Å². The van der Waals surface area contributed by atoms with Crippen LogP contribution in [0.25, 0.3) is 11.1 Å². The zero-order valence-electron chi connectivity index (χ0n) is 27.9. The summed E-state index contributed by atoms with van der Waals surface area (Å²) in [6.07, 6.45) is -3.70. The van der Waals surface area contributed by atoms with Gasteiger partial charge in [0.05, 0.1) is 35.3 Å². The van der Waals surface area contributed by atoms with Crippen molar-refractivity contribution in [2.45, 2.75) is 45.6 Å². The van der Waals surface area contributed by atoms with Crippen LogP contribution in [0.2, 0.25) is 0 Å². The van der Waals surface area contributed by atoms with Crippen molar-refractivity contribution in [2.75, 3.05) is 4.90 Å². The predicted molar refractivity (Wildman–Crippen MR) is 189 cm³/mol. The van der Waals surface area contributed by atoms with Gasteiger partial charge in [0.1, 0.15) is 0 Å². The number of anilines is 1. The first-order valence-electron chi connectivity index (χ1n) is 16.4. The summed E-state index contributed by atoms with van der Waals surface area (Å²) in [5.41, 5.74) is 9.44. The van der Waals surface area contributed by atoms with Gasteiger partial charge >= 0.3 is 6.18 Å². The molecule has 7 nitrogen and oxygen atoms in total. The molecule has 0 aliphatic carbocycles. The minimum Gasteiger partial charge on any atom is -0.369 e. The number of halogens is 3. The van der Waals surface area contributed by atoms with Crippen molar-refractivity contribution in [3.63, 3.8) is 0 Å². The van der Waals surface area contributed by atoms with Gasteiger partial charge in [-0.05, 0) is 59.7 Å². The highest BCUT2D eigenvalue weighted by molar-refractivity contribution is 6.20. The van der Waals surface area contributed by atoms with E-state index in [1.165, 1.54) is 12.1 Å². The van der Waals surface area contributed by atoms with E-state index in [1.807, 2.05) is 80.6 Å². The van der Waals surface area contributed by atoms with Crippen LogP contribution >= 0.6 is 0 Å². The Kier molecular flexibility index (Phi) is 11.0. The second-order valence-electron chi connectivity index (χ2n) is 12.7. The van der Waals surface area contributed by atoms with Gasteiger partial charge in [-0.25, -0.2) is 4.99 Å². The van der Waals surface area contributed by atoms with Gasteiger partial charge in [-0.2, -0.15) is 13.2 Å². The van der Waals surface area contributed by atoms with Crippen molar-refractivity contribution in [2.24, 2.45) is 28.5 Å². The molecule has 0 aromatic heterocycles. The highest BCUT2D eigenvalue weighted by Gasteiger charge is 2.38. The molecule has 0 bridgehead atoms. The maximum atomic E-state index is 14.6. The molecule has 10 heteroatoms. The third-order valence-electron chi connectivity index (χ3n) is 8.68. The summed E-state index contributed by atoms with van der Waals surface area (Å²) in [4.78, 5) is 47.5. The first-order chi connectivity index (χ1) is 23.9. The molecule has 5 rings (SSSR count). The molecule has 1 aliphatic rings. The number of carbonyl (C=O) groups excluding carboxylic acids is 3. The number of hydrogen-bond acceptors (Lipinski definition) is 4. The largest absolute Gasteiger partial charge is 0.416 e. The van der Waals surface area contributed by atoms with Crippen LogP contribution < -0.4 is 16.0 Å². The van der Waals surface area contributed by atoms with Crippen LogP contribution in [0.1, 0.15) is 48.9 Å². The van der Waals surface area contributed by atoms with Crippen LogP contribution in [0.5, 0.6) is 0 Å². The maximum Gasteiger partial charge on any atom is 0.416 e. The van der Waals surface area contributed by atoms with Gasteiger partial charge < -0.3 is 16.0 Å². The van der Waals surface area contributed by atoms with Crippen molar-refractivity contribution in [1.29, 1.82) is 0 Å². The summed E-state index contributed by atoms with van der Waals surface area (Å²) in [6, 6.07) is 28.8. The Bertz CT molecular complexity index is 1890. The molecule has 4 aromatic carbocycles. The number of aliphatic imine (C=N–C) groups is 1. The molecule has 4 aromatic rings. The zero-order chi connectivity index (χ0) is 36.0. The molecule has 0 spiro atoms. The monoisotopic (exact) mass is 680 g/mol. The van der Waals surface area contributed by atoms with Crippen LogP contribution in [0, 0.1) is 17.8 Å². The number of benzodiazepines with no additional fused rings is 1. The highest BCUT2D eigenvalue weighted by Crippen LogP contribution is 2.33. The van der Waals surface area contributed by atoms with E-state index in [1.54, 1.807) is 23.1 Å². The lowest BCUT2D eigenvalue weighted by Gasteiger charge is -2.28. The standard InChI is InChI=1S/C40H39F3N4O3/c1-4-11-31(36(44)48)33(22-25(2)3)38(49)46-37-39(50)47(34-17-9-8-16-32(34)35(45-37)28-13-6-5-7-14-28)24-26-12-10-15-29(23-26)27-18-20-30(21-19-27)40(41,42)43/h4-10,12-21,23,25,31,33,37H,1,11,22,24H2,2-3H3,(H2,44,48)(H,46,49)/t31-,33+,37+/m0/s1. The summed E-state index contributed by atoms with van der Waals surface area (Å²) in [5, 5.41) is 2.86. The predicted octanol–water partition coefficient (Wildman–Crippen LogP) is 7.54. The van der Waals surface area contributed by atoms with Gasteiger partial charge in [-0.3, -0.25) is 14.4 Å². The van der Waals surface area contributed by atoms with E-state index < -0.39 is 47.5 Å². The van der Waals surface area contributed by atoms with Crippen molar-refractivity contribution in [1.82, 2.24) is 5.32 Å². The molecule has 0 saturated heterocycles. The number of nitrogens with one attached hydrogen (secondary N) is 1. The topological polar surface area (TPSA) is 105 Å². The lowest BCUT2D eigenvalue weighted by Crippen LogP contribution is -2.50. The molecule has 1 aliphatic heterocycles. The van der Waals surface area contributed by atoms with Crippen LogP contribution in [-0.4, -0.2) is 29.6 Å². The normalized spacial score (nSPS) is 15.8. The van der Waals surface area contributed by atoms with Crippen molar-refractivity contribution in [3.8, 4) is 11.1 Å². The number of amides is 3. The smallest absolute Gasteiger partial charge is 0.369 e. The van der Waals surface area contributed by atoms with E-state index in [0.717, 1.165) is 17.7 Å². The Hall–Kier alpha value is -5.51. The molecular formula is C40H39F3N4O3. The van der Waals surface area contributed by atoms with Gasteiger partial charge in [0.25, 0.3) is 5.91 Å². The molecule has 0 radical (unpaired) electrons. The van der Waals surface area contributed by atoms with Crippen LogP contribution in [0.15, 0.2) is 121 Å². The summed E-state index contributed by atoms with van der Waals surface area (Å²) in [5.74, 6) is -3.26. The fourth-order valence-corrected chi connectivity index (χ4v) is 6.26. The summed E-state index contributed by atoms with van der Waals surface area (Å²) >= 11 is 0. The highest BCUT2D eigenvalue weighted by atomic mass is 19.4. The van der Waals surface area contributed by atoms with Gasteiger partial charge in [-0.1, -0.05) is 98.8 Å². The number of nitrogens with two attached hydrogens (primary N) is 1. The van der Waals surface area contributed by atoms with E-state index in [-0.39, 0.29) is 18.9 Å². The number of benzene rings is 4. The number of carbonyl (C=O) groups is 3. The number of nitrogens with zero attached hydrogens (tertiary/aromatic N) is 2. The molecule has 50 heavy (non-hydrogen) atoms. The molecule has 258 valence electrons. The number of fused-ring (bicyclic) bond motifs is 1. The molecular weight excluding hydrogens is 641 g/mol. The van der Waals surface area contributed by atoms with E-state index in [9.17, 15) is 27.6 Å². The Balaban J connectivity index is 1.56. The number of primary amides is 1. The van der Waals surface area contributed by atoms with Crippen LogP contribution in [0.4, 0.5) is 18.9 Å². The number of rotatable bonds is 12. The Morgan fingerprint density at radius 3 is 2.20 bits per heavy atom. The van der Waals surface area contributed by atoms with Crippen LogP contribution in [0.3, 0.4) is 0 Å². The quantitative estimate of drug-likeness (QED) is 0.151. The van der Waals surface area contributed by atoms with Gasteiger partial charge in [0, 0.05) is 11.1 Å². The molecule has 0 saturated carbocycles. The van der Waals surface area contributed by atoms with Gasteiger partial charge in [0.2, 0.25) is 18.0 Å². The Labute approximate surface area is 289 Å².